The Balaban J connectivity index is 1.83. The van der Waals surface area contributed by atoms with Crippen LogP contribution in [0.2, 0.25) is 5.02 Å². The van der Waals surface area contributed by atoms with E-state index in [0.29, 0.717) is 0 Å². The molecule has 5 rings (SSSR count). The third kappa shape index (κ3) is 3.56. The molecule has 0 bridgehead atoms. The summed E-state index contributed by atoms with van der Waals surface area (Å²) in [7, 11) is 0. The number of rotatable bonds is 5. The molecule has 5 aromatic rings. The molecule has 1 aromatic heterocycles. The molecule has 0 radical (unpaired) electrons. The minimum atomic E-state index is -2.97. The first kappa shape index (κ1) is 20.9. The number of hydrogen-bond donors (Lipinski definition) is 0. The third-order valence-corrected chi connectivity index (χ3v) is 16.9. The average molecular weight is 524 g/mol. The molecule has 0 aliphatic carbocycles. The van der Waals surface area contributed by atoms with Crippen molar-refractivity contribution in [1.82, 2.24) is 0 Å². The summed E-state index contributed by atoms with van der Waals surface area (Å²) in [6.07, 6.45) is 0.903. The van der Waals surface area contributed by atoms with Crippen LogP contribution in [0.4, 0.5) is 0 Å². The van der Waals surface area contributed by atoms with Crippen LogP contribution in [0.15, 0.2) is 115 Å². The second-order valence-corrected chi connectivity index (χ2v) is 18.3. The van der Waals surface area contributed by atoms with Crippen LogP contribution in [0.1, 0.15) is 4.88 Å². The van der Waals surface area contributed by atoms with Gasteiger partial charge in [-0.1, -0.05) is 0 Å². The molecule has 0 spiro atoms. The van der Waals surface area contributed by atoms with Crippen molar-refractivity contribution in [3.8, 4) is 0 Å². The molecule has 0 aliphatic rings. The van der Waals surface area contributed by atoms with E-state index in [4.69, 9.17) is 11.6 Å². The van der Waals surface area contributed by atoms with Gasteiger partial charge in [0.25, 0.3) is 0 Å². The maximum atomic E-state index is 6.28. The summed E-state index contributed by atoms with van der Waals surface area (Å²) >= 11 is 12.7. The molecule has 1 heterocycles. The minimum absolute atomic E-state index is 0.780. The normalized spacial score (nSPS) is 13.0. The van der Waals surface area contributed by atoms with Crippen LogP contribution >= 0.6 is 43.7 Å². The number of fused-ring (bicyclic) bond motifs is 1. The fraction of sp³-hybridized carbons (Fsp3) is 0.0370. The fourth-order valence-electron chi connectivity index (χ4n) is 4.38. The zero-order chi connectivity index (χ0) is 21.3. The van der Waals surface area contributed by atoms with Gasteiger partial charge in [-0.05, 0) is 0 Å². The van der Waals surface area contributed by atoms with Gasteiger partial charge in [-0.25, -0.2) is 0 Å². The van der Waals surface area contributed by atoms with E-state index < -0.39 is 5.31 Å². The molecule has 0 unspecified atom stereocenters. The molecule has 0 amide bonds. The molecule has 0 saturated carbocycles. The van der Waals surface area contributed by atoms with Crippen molar-refractivity contribution in [3.05, 3.63) is 125 Å². The Labute approximate surface area is 200 Å². The van der Waals surface area contributed by atoms with Crippen LogP contribution in [0.25, 0.3) is 10.1 Å². The Kier molecular flexibility index (Phi) is 5.52. The van der Waals surface area contributed by atoms with Gasteiger partial charge in [-0.15, -0.1) is 0 Å². The Morgan fingerprint density at radius 2 is 1.13 bits per heavy atom. The zero-order valence-electron chi connectivity index (χ0n) is 16.8. The van der Waals surface area contributed by atoms with Crippen molar-refractivity contribution in [3.63, 3.8) is 0 Å². The Morgan fingerprint density at radius 1 is 0.645 bits per heavy atom. The molecular weight excluding hydrogens is 503 g/mol. The Hall–Kier alpha value is -1.96. The van der Waals surface area contributed by atoms with E-state index in [1.54, 1.807) is 0 Å². The van der Waals surface area contributed by atoms with E-state index in [-0.39, 0.29) is 0 Å². The molecule has 154 valence electrons. The summed E-state index contributed by atoms with van der Waals surface area (Å²) in [4.78, 5) is 1.35. The van der Waals surface area contributed by atoms with Crippen molar-refractivity contribution in [2.24, 2.45) is 0 Å². The number of benzene rings is 4. The summed E-state index contributed by atoms with van der Waals surface area (Å²) in [6, 6.07) is 41.3. The van der Waals surface area contributed by atoms with E-state index in [2.05, 4.69) is 125 Å². The van der Waals surface area contributed by atoms with Crippen LogP contribution in [0.3, 0.4) is 0 Å². The first-order valence-electron chi connectivity index (χ1n) is 10.2. The predicted molar refractivity (Wildman–Crippen MR) is 145 cm³/mol. The molecule has 0 nitrogen and oxygen atoms in total. The van der Waals surface area contributed by atoms with Crippen LogP contribution in [-0.4, -0.2) is 0 Å². The third-order valence-electron chi connectivity index (χ3n) is 5.87. The molecule has 4 heteroatoms. The van der Waals surface area contributed by atoms with Gasteiger partial charge in [0, 0.05) is 0 Å². The first-order chi connectivity index (χ1) is 15.1. The SMILES string of the molecule is Clc1ccc2sc(CP(Br)(c3ccccc3)(c3ccccc3)c3ccccc3)cc2c1. The summed E-state index contributed by atoms with van der Waals surface area (Å²) < 4.78 is 1.27. The summed E-state index contributed by atoms with van der Waals surface area (Å²) in [5.74, 6) is 0. The maximum absolute atomic E-state index is 6.28. The summed E-state index contributed by atoms with van der Waals surface area (Å²) in [5.41, 5.74) is 0. The van der Waals surface area contributed by atoms with E-state index in [1.165, 1.54) is 30.9 Å². The molecule has 4 aromatic carbocycles. The van der Waals surface area contributed by atoms with E-state index in [0.717, 1.165) is 11.2 Å². The topological polar surface area (TPSA) is 0 Å². The van der Waals surface area contributed by atoms with Crippen molar-refractivity contribution >= 4 is 69.7 Å². The molecule has 0 saturated heterocycles. The van der Waals surface area contributed by atoms with Gasteiger partial charge in [-0.2, -0.15) is 0 Å². The van der Waals surface area contributed by atoms with Gasteiger partial charge >= 0.3 is 201 Å². The molecule has 31 heavy (non-hydrogen) atoms. The molecule has 0 atom stereocenters. The zero-order valence-corrected chi connectivity index (χ0v) is 20.8. The van der Waals surface area contributed by atoms with Gasteiger partial charge in [-0.3, -0.25) is 0 Å². The summed E-state index contributed by atoms with van der Waals surface area (Å²) in [5, 5.41) is 3.02. The van der Waals surface area contributed by atoms with Gasteiger partial charge in [0.05, 0.1) is 0 Å². The van der Waals surface area contributed by atoms with E-state index >= 15 is 0 Å². The molecule has 0 aliphatic heterocycles. The first-order valence-corrected chi connectivity index (χ1v) is 15.8. The second kappa shape index (κ2) is 8.19. The number of thiophene rings is 1. The summed E-state index contributed by atoms with van der Waals surface area (Å²) in [6.45, 7) is 0. The van der Waals surface area contributed by atoms with Crippen molar-refractivity contribution in [2.45, 2.75) is 6.16 Å². The molecule has 0 N–H and O–H groups in total. The van der Waals surface area contributed by atoms with Crippen molar-refractivity contribution in [1.29, 1.82) is 0 Å². The quantitative estimate of drug-likeness (QED) is 0.205. The fourth-order valence-corrected chi connectivity index (χ4v) is 14.4. The van der Waals surface area contributed by atoms with E-state index in [1.807, 2.05) is 17.4 Å². The van der Waals surface area contributed by atoms with Crippen LogP contribution < -0.4 is 15.9 Å². The molecule has 0 fully saturated rings. The standard InChI is InChI=1S/C27H21BrClPS/c28-30(23-10-4-1-5-11-23,24-12-6-2-7-13-24,25-14-8-3-9-15-25)20-26-19-21-18-22(29)16-17-27(21)31-26/h1-19H,20H2. The van der Waals surface area contributed by atoms with Crippen LogP contribution in [0, 0.1) is 0 Å². The van der Waals surface area contributed by atoms with Gasteiger partial charge in [0.2, 0.25) is 0 Å². The van der Waals surface area contributed by atoms with E-state index in [9.17, 15) is 0 Å². The van der Waals surface area contributed by atoms with Gasteiger partial charge < -0.3 is 0 Å². The second-order valence-electron chi connectivity index (χ2n) is 7.74. The molecular formula is C27H21BrClPS. The Bertz CT molecular complexity index is 1230. The number of hydrogen-bond acceptors (Lipinski definition) is 1. The van der Waals surface area contributed by atoms with Crippen LogP contribution in [-0.2, 0) is 6.16 Å². The van der Waals surface area contributed by atoms with Gasteiger partial charge in [0.15, 0.2) is 0 Å². The van der Waals surface area contributed by atoms with Crippen molar-refractivity contribution < 1.29 is 0 Å². The van der Waals surface area contributed by atoms with Crippen LogP contribution in [0.5, 0.6) is 0 Å². The average Bonchev–Trinajstić information content (AvgIpc) is 3.22. The number of halogens is 2. The van der Waals surface area contributed by atoms with Crippen molar-refractivity contribution in [2.75, 3.05) is 0 Å². The van der Waals surface area contributed by atoms with Gasteiger partial charge in [0.1, 0.15) is 0 Å². The monoisotopic (exact) mass is 522 g/mol. The predicted octanol–water partition coefficient (Wildman–Crippen LogP) is 7.89. The Morgan fingerprint density at radius 3 is 1.61 bits per heavy atom.